The smallest absolute Gasteiger partial charge is 0.276 e. The summed E-state index contributed by atoms with van der Waals surface area (Å²) in [7, 11) is 0. The number of aromatic nitrogens is 3. The van der Waals surface area contributed by atoms with Crippen molar-refractivity contribution >= 4 is 23.2 Å². The van der Waals surface area contributed by atoms with Gasteiger partial charge in [-0.25, -0.2) is 4.68 Å². The van der Waals surface area contributed by atoms with E-state index in [0.29, 0.717) is 16.4 Å². The van der Waals surface area contributed by atoms with Gasteiger partial charge in [-0.2, -0.15) is 5.10 Å². The maximum atomic E-state index is 12.7. The minimum atomic E-state index is -0.293. The average molecular weight is 389 g/mol. The number of carbonyl (C=O) groups is 1. The lowest BCUT2D eigenvalue weighted by atomic mass is 10.2. The molecular formula is C22H17ClN4O. The summed E-state index contributed by atoms with van der Waals surface area (Å²) in [5, 5.41) is 8.01. The zero-order valence-corrected chi connectivity index (χ0v) is 15.9. The van der Waals surface area contributed by atoms with E-state index in [2.05, 4.69) is 15.4 Å². The molecule has 2 heterocycles. The summed E-state index contributed by atoms with van der Waals surface area (Å²) in [6.07, 6.45) is 3.47. The van der Waals surface area contributed by atoms with Crippen LogP contribution < -0.4 is 5.32 Å². The molecule has 0 saturated heterocycles. The quantitative estimate of drug-likeness (QED) is 0.526. The Labute approximate surface area is 167 Å². The van der Waals surface area contributed by atoms with Gasteiger partial charge in [0.1, 0.15) is 0 Å². The molecule has 5 nitrogen and oxygen atoms in total. The summed E-state index contributed by atoms with van der Waals surface area (Å²) >= 11 is 5.90. The summed E-state index contributed by atoms with van der Waals surface area (Å²) in [6, 6.07) is 20.5. The number of anilines is 1. The van der Waals surface area contributed by atoms with Crippen LogP contribution in [0.2, 0.25) is 5.02 Å². The molecule has 2 aromatic heterocycles. The number of amides is 1. The van der Waals surface area contributed by atoms with Gasteiger partial charge in [-0.15, -0.1) is 0 Å². The molecule has 4 aromatic rings. The van der Waals surface area contributed by atoms with Crippen molar-refractivity contribution in [3.63, 3.8) is 0 Å². The maximum Gasteiger partial charge on any atom is 0.276 e. The van der Waals surface area contributed by atoms with E-state index in [0.717, 1.165) is 22.5 Å². The Balaban J connectivity index is 1.73. The highest BCUT2D eigenvalue weighted by atomic mass is 35.5. The van der Waals surface area contributed by atoms with Crippen molar-refractivity contribution in [2.75, 3.05) is 5.32 Å². The van der Waals surface area contributed by atoms with Crippen LogP contribution in [-0.4, -0.2) is 20.7 Å². The largest absolute Gasteiger partial charge is 0.321 e. The van der Waals surface area contributed by atoms with Crippen LogP contribution in [0.1, 0.15) is 16.1 Å². The number of nitrogens with zero attached hydrogens (tertiary/aromatic N) is 3. The molecule has 2 aromatic carbocycles. The fraction of sp³-hybridized carbons (Fsp3) is 0.0455. The zero-order chi connectivity index (χ0) is 19.5. The van der Waals surface area contributed by atoms with Crippen molar-refractivity contribution in [3.8, 4) is 16.9 Å². The molecule has 138 valence electrons. The van der Waals surface area contributed by atoms with Crippen LogP contribution >= 0.6 is 11.6 Å². The molecule has 0 aliphatic carbocycles. The van der Waals surface area contributed by atoms with Gasteiger partial charge in [0.2, 0.25) is 0 Å². The first-order chi connectivity index (χ1) is 13.6. The molecule has 6 heteroatoms. The molecule has 0 aliphatic rings. The SMILES string of the molecule is Cc1ccc(-n2nc(C(=O)Nc3ccc(Cl)cc3)cc2-c2cccnc2)cc1. The number of pyridine rings is 1. The normalized spacial score (nSPS) is 10.6. The van der Waals surface area contributed by atoms with Gasteiger partial charge in [0.15, 0.2) is 5.69 Å². The van der Waals surface area contributed by atoms with Crippen molar-refractivity contribution < 1.29 is 4.79 Å². The Hall–Kier alpha value is -3.44. The van der Waals surface area contributed by atoms with Crippen LogP contribution in [0, 0.1) is 6.92 Å². The predicted molar refractivity (Wildman–Crippen MR) is 111 cm³/mol. The molecule has 1 amide bonds. The fourth-order valence-corrected chi connectivity index (χ4v) is 2.95. The van der Waals surface area contributed by atoms with Gasteiger partial charge in [0.25, 0.3) is 5.91 Å². The highest BCUT2D eigenvalue weighted by molar-refractivity contribution is 6.30. The van der Waals surface area contributed by atoms with Crippen molar-refractivity contribution in [1.82, 2.24) is 14.8 Å². The number of nitrogens with one attached hydrogen (secondary N) is 1. The second kappa shape index (κ2) is 7.66. The Morgan fingerprint density at radius 2 is 1.79 bits per heavy atom. The molecule has 0 saturated carbocycles. The molecular weight excluding hydrogens is 372 g/mol. The van der Waals surface area contributed by atoms with Crippen LogP contribution in [-0.2, 0) is 0 Å². The van der Waals surface area contributed by atoms with Gasteiger partial charge in [-0.1, -0.05) is 29.3 Å². The summed E-state index contributed by atoms with van der Waals surface area (Å²) in [4.78, 5) is 16.9. The third kappa shape index (κ3) is 3.80. The lowest BCUT2D eigenvalue weighted by Gasteiger charge is -2.07. The van der Waals surface area contributed by atoms with Gasteiger partial charge in [-0.05, 0) is 61.5 Å². The van der Waals surface area contributed by atoms with Crippen molar-refractivity contribution in [1.29, 1.82) is 0 Å². The molecule has 0 radical (unpaired) electrons. The van der Waals surface area contributed by atoms with Gasteiger partial charge >= 0.3 is 0 Å². The van der Waals surface area contributed by atoms with E-state index in [1.807, 2.05) is 43.3 Å². The van der Waals surface area contributed by atoms with E-state index < -0.39 is 0 Å². The van der Waals surface area contributed by atoms with Crippen LogP contribution in [0.15, 0.2) is 79.1 Å². The lowest BCUT2D eigenvalue weighted by molar-refractivity contribution is 0.102. The molecule has 0 aliphatic heterocycles. The van der Waals surface area contributed by atoms with Gasteiger partial charge in [-0.3, -0.25) is 9.78 Å². The van der Waals surface area contributed by atoms with E-state index in [1.165, 1.54) is 0 Å². The standard InChI is InChI=1S/C22H17ClN4O/c1-15-4-10-19(11-5-15)27-21(16-3-2-12-24-14-16)13-20(26-27)22(28)25-18-8-6-17(23)7-9-18/h2-14H,1H3,(H,25,28). The van der Waals surface area contributed by atoms with Crippen LogP contribution in [0.3, 0.4) is 0 Å². The second-order valence-corrected chi connectivity index (χ2v) is 6.80. The lowest BCUT2D eigenvalue weighted by Crippen LogP contribution is -2.13. The van der Waals surface area contributed by atoms with E-state index in [4.69, 9.17) is 11.6 Å². The number of hydrogen-bond acceptors (Lipinski definition) is 3. The molecule has 0 spiro atoms. The van der Waals surface area contributed by atoms with Crippen LogP contribution in [0.25, 0.3) is 16.9 Å². The van der Waals surface area contributed by atoms with Gasteiger partial charge in [0.05, 0.1) is 11.4 Å². The minimum absolute atomic E-state index is 0.293. The molecule has 0 fully saturated rings. The highest BCUT2D eigenvalue weighted by Crippen LogP contribution is 2.24. The number of carbonyl (C=O) groups excluding carboxylic acids is 1. The van der Waals surface area contributed by atoms with Gasteiger partial charge in [0, 0.05) is 28.7 Å². The molecule has 28 heavy (non-hydrogen) atoms. The summed E-state index contributed by atoms with van der Waals surface area (Å²) < 4.78 is 1.76. The second-order valence-electron chi connectivity index (χ2n) is 6.36. The molecule has 0 unspecified atom stereocenters. The van der Waals surface area contributed by atoms with Crippen molar-refractivity contribution in [2.45, 2.75) is 6.92 Å². The minimum Gasteiger partial charge on any atom is -0.321 e. The zero-order valence-electron chi connectivity index (χ0n) is 15.1. The van der Waals surface area contributed by atoms with Crippen LogP contribution in [0.4, 0.5) is 5.69 Å². The Kier molecular flexibility index (Phi) is 4.91. The number of aryl methyl sites for hydroxylation is 1. The van der Waals surface area contributed by atoms with E-state index in [1.54, 1.807) is 47.4 Å². The first kappa shape index (κ1) is 17.9. The number of benzene rings is 2. The monoisotopic (exact) mass is 388 g/mol. The Morgan fingerprint density at radius 1 is 1.04 bits per heavy atom. The molecule has 0 bridgehead atoms. The maximum absolute atomic E-state index is 12.7. The van der Waals surface area contributed by atoms with Gasteiger partial charge < -0.3 is 5.32 Å². The number of hydrogen-bond donors (Lipinski definition) is 1. The highest BCUT2D eigenvalue weighted by Gasteiger charge is 2.17. The fourth-order valence-electron chi connectivity index (χ4n) is 2.82. The molecule has 1 N–H and O–H groups in total. The third-order valence-corrected chi connectivity index (χ3v) is 4.53. The van der Waals surface area contributed by atoms with Crippen molar-refractivity contribution in [3.05, 3.63) is 95.4 Å². The number of halogens is 1. The summed E-state index contributed by atoms with van der Waals surface area (Å²) in [5.74, 6) is -0.293. The van der Waals surface area contributed by atoms with Crippen LogP contribution in [0.5, 0.6) is 0 Å². The number of rotatable bonds is 4. The van der Waals surface area contributed by atoms with Crippen molar-refractivity contribution in [2.24, 2.45) is 0 Å². The average Bonchev–Trinajstić information content (AvgIpc) is 3.16. The predicted octanol–water partition coefficient (Wildman–Crippen LogP) is 5.15. The first-order valence-electron chi connectivity index (χ1n) is 8.74. The molecule has 4 rings (SSSR count). The molecule has 0 atom stereocenters. The Morgan fingerprint density at radius 3 is 2.46 bits per heavy atom. The Bertz CT molecular complexity index is 1100. The third-order valence-electron chi connectivity index (χ3n) is 4.28. The van der Waals surface area contributed by atoms with E-state index >= 15 is 0 Å². The summed E-state index contributed by atoms with van der Waals surface area (Å²) in [6.45, 7) is 2.03. The topological polar surface area (TPSA) is 59.8 Å². The first-order valence-corrected chi connectivity index (χ1v) is 9.12. The summed E-state index contributed by atoms with van der Waals surface area (Å²) in [5.41, 5.74) is 4.66. The van der Waals surface area contributed by atoms with E-state index in [-0.39, 0.29) is 5.91 Å². The van der Waals surface area contributed by atoms with E-state index in [9.17, 15) is 4.79 Å².